The fourth-order valence-corrected chi connectivity index (χ4v) is 2.23. The van der Waals surface area contributed by atoms with E-state index < -0.39 is 0 Å². The number of hydrogen-bond acceptors (Lipinski definition) is 1. The number of anilines is 2. The van der Waals surface area contributed by atoms with Crippen LogP contribution in [0.3, 0.4) is 0 Å². The van der Waals surface area contributed by atoms with Crippen LogP contribution in [0.25, 0.3) is 0 Å². The predicted octanol–water partition coefficient (Wildman–Crippen LogP) is 5.36. The van der Waals surface area contributed by atoms with Crippen molar-refractivity contribution in [1.82, 2.24) is 0 Å². The second kappa shape index (κ2) is 6.29. The van der Waals surface area contributed by atoms with Crippen LogP contribution in [0.2, 0.25) is 5.02 Å². The molecule has 0 atom stereocenters. The van der Waals surface area contributed by atoms with Gasteiger partial charge in [0.1, 0.15) is 0 Å². The van der Waals surface area contributed by atoms with Crippen LogP contribution in [-0.2, 0) is 0 Å². The summed E-state index contributed by atoms with van der Waals surface area (Å²) in [6, 6.07) is 10.8. The normalized spacial score (nSPS) is 10.2. The van der Waals surface area contributed by atoms with Crippen molar-refractivity contribution in [2.75, 3.05) is 10.6 Å². The molecule has 0 aliphatic carbocycles. The number of rotatable bonds is 2. The summed E-state index contributed by atoms with van der Waals surface area (Å²) in [7, 11) is 0. The van der Waals surface area contributed by atoms with Crippen molar-refractivity contribution >= 4 is 44.9 Å². The Hall–Kier alpha value is -1.52. The summed E-state index contributed by atoms with van der Waals surface area (Å²) in [5, 5.41) is 6.19. The number of amides is 2. The Labute approximate surface area is 131 Å². The van der Waals surface area contributed by atoms with E-state index >= 15 is 0 Å². The summed E-state index contributed by atoms with van der Waals surface area (Å²) >= 11 is 9.41. The topological polar surface area (TPSA) is 41.1 Å². The summed E-state index contributed by atoms with van der Waals surface area (Å²) in [5.74, 6) is 0. The molecule has 0 bridgehead atoms. The summed E-state index contributed by atoms with van der Waals surface area (Å²) in [6.07, 6.45) is 0. The van der Waals surface area contributed by atoms with Gasteiger partial charge in [-0.1, -0.05) is 39.7 Å². The minimum Gasteiger partial charge on any atom is -0.308 e. The van der Waals surface area contributed by atoms with Gasteiger partial charge in [-0.2, -0.15) is 0 Å². The molecule has 2 rings (SSSR count). The second-order valence-corrected chi connectivity index (χ2v) is 5.83. The van der Waals surface area contributed by atoms with Gasteiger partial charge < -0.3 is 10.6 Å². The quantitative estimate of drug-likeness (QED) is 0.749. The number of carbonyl (C=O) groups excluding carboxylic acids is 1. The van der Waals surface area contributed by atoms with E-state index in [1.165, 1.54) is 0 Å². The second-order valence-electron chi connectivity index (χ2n) is 4.50. The number of benzene rings is 2. The molecule has 3 nitrogen and oxygen atoms in total. The van der Waals surface area contributed by atoms with E-state index in [0.717, 1.165) is 21.3 Å². The lowest BCUT2D eigenvalue weighted by molar-refractivity contribution is 0.262. The Bertz CT molecular complexity index is 658. The minimum absolute atomic E-state index is 0.300. The van der Waals surface area contributed by atoms with Crippen LogP contribution in [0.15, 0.2) is 40.9 Å². The monoisotopic (exact) mass is 352 g/mol. The average Bonchev–Trinajstić information content (AvgIpc) is 2.38. The van der Waals surface area contributed by atoms with Crippen molar-refractivity contribution in [2.45, 2.75) is 13.8 Å². The Morgan fingerprint density at radius 3 is 2.45 bits per heavy atom. The smallest absolute Gasteiger partial charge is 0.308 e. The fraction of sp³-hybridized carbons (Fsp3) is 0.133. The summed E-state index contributed by atoms with van der Waals surface area (Å²) in [4.78, 5) is 12.0. The van der Waals surface area contributed by atoms with Crippen molar-refractivity contribution < 1.29 is 4.79 Å². The first kappa shape index (κ1) is 14.9. The maximum Gasteiger partial charge on any atom is 0.323 e. The number of urea groups is 1. The van der Waals surface area contributed by atoms with Crippen molar-refractivity contribution in [3.8, 4) is 0 Å². The van der Waals surface area contributed by atoms with Crippen molar-refractivity contribution in [1.29, 1.82) is 0 Å². The molecule has 0 saturated heterocycles. The Morgan fingerprint density at radius 1 is 1.05 bits per heavy atom. The third-order valence-electron chi connectivity index (χ3n) is 2.88. The molecule has 104 valence electrons. The molecule has 0 radical (unpaired) electrons. The zero-order valence-electron chi connectivity index (χ0n) is 11.1. The zero-order chi connectivity index (χ0) is 14.7. The van der Waals surface area contributed by atoms with Gasteiger partial charge >= 0.3 is 6.03 Å². The Balaban J connectivity index is 2.09. The Kier molecular flexibility index (Phi) is 4.68. The van der Waals surface area contributed by atoms with E-state index in [1.54, 1.807) is 6.07 Å². The Morgan fingerprint density at radius 2 is 1.75 bits per heavy atom. The van der Waals surface area contributed by atoms with Gasteiger partial charge in [0, 0.05) is 20.9 Å². The van der Waals surface area contributed by atoms with E-state index in [1.807, 2.05) is 44.2 Å². The average molecular weight is 354 g/mol. The first-order valence-corrected chi connectivity index (χ1v) is 7.23. The third-order valence-corrected chi connectivity index (χ3v) is 3.78. The zero-order valence-corrected chi connectivity index (χ0v) is 13.5. The molecular weight excluding hydrogens is 340 g/mol. The van der Waals surface area contributed by atoms with E-state index in [9.17, 15) is 4.79 Å². The highest BCUT2D eigenvalue weighted by molar-refractivity contribution is 9.10. The number of carbonyl (C=O) groups is 1. The van der Waals surface area contributed by atoms with Crippen molar-refractivity contribution in [2.24, 2.45) is 0 Å². The van der Waals surface area contributed by atoms with Crippen molar-refractivity contribution in [3.63, 3.8) is 0 Å². The van der Waals surface area contributed by atoms with Gasteiger partial charge in [0.15, 0.2) is 0 Å². The number of hydrogen-bond donors (Lipinski definition) is 2. The molecule has 20 heavy (non-hydrogen) atoms. The first-order chi connectivity index (χ1) is 9.45. The highest BCUT2D eigenvalue weighted by atomic mass is 79.9. The van der Waals surface area contributed by atoms with Crippen LogP contribution >= 0.6 is 27.5 Å². The molecule has 0 heterocycles. The molecule has 2 N–H and O–H groups in total. The predicted molar refractivity (Wildman–Crippen MR) is 87.7 cm³/mol. The van der Waals surface area contributed by atoms with Gasteiger partial charge in [-0.25, -0.2) is 4.79 Å². The van der Waals surface area contributed by atoms with E-state index in [0.29, 0.717) is 10.7 Å². The molecule has 5 heteroatoms. The van der Waals surface area contributed by atoms with E-state index in [2.05, 4.69) is 26.6 Å². The number of halogens is 2. The van der Waals surface area contributed by atoms with Crippen LogP contribution in [0.5, 0.6) is 0 Å². The standard InChI is InChI=1S/C15H14BrClN2O/c1-9-4-6-12(8-13(9)17)18-15(20)19-14-7-11(16)5-3-10(14)2/h3-8H,1-2H3,(H2,18,19,20). The van der Waals surface area contributed by atoms with Gasteiger partial charge in [0.25, 0.3) is 0 Å². The highest BCUT2D eigenvalue weighted by Gasteiger charge is 2.06. The van der Waals surface area contributed by atoms with E-state index in [4.69, 9.17) is 11.6 Å². The van der Waals surface area contributed by atoms with Crippen molar-refractivity contribution in [3.05, 3.63) is 57.0 Å². The third kappa shape index (κ3) is 3.74. The lowest BCUT2D eigenvalue weighted by Gasteiger charge is -2.11. The van der Waals surface area contributed by atoms with Crippen LogP contribution in [0.1, 0.15) is 11.1 Å². The van der Waals surface area contributed by atoms with Crippen LogP contribution in [-0.4, -0.2) is 6.03 Å². The van der Waals surface area contributed by atoms with Crippen LogP contribution in [0.4, 0.5) is 16.2 Å². The van der Waals surface area contributed by atoms with E-state index in [-0.39, 0.29) is 6.03 Å². The highest BCUT2D eigenvalue weighted by Crippen LogP contribution is 2.22. The SMILES string of the molecule is Cc1ccc(NC(=O)Nc2cc(Br)ccc2C)cc1Cl. The van der Waals surface area contributed by atoms with Gasteiger partial charge in [-0.05, 0) is 49.2 Å². The lowest BCUT2D eigenvalue weighted by atomic mass is 10.2. The van der Waals surface area contributed by atoms with Gasteiger partial charge in [-0.15, -0.1) is 0 Å². The minimum atomic E-state index is -0.300. The molecule has 2 amide bonds. The number of nitrogens with one attached hydrogen (secondary N) is 2. The number of aryl methyl sites for hydroxylation is 2. The summed E-state index contributed by atoms with van der Waals surface area (Å²) in [5.41, 5.74) is 3.38. The molecule has 0 aliphatic heterocycles. The maximum atomic E-state index is 12.0. The van der Waals surface area contributed by atoms with Crippen LogP contribution < -0.4 is 10.6 Å². The summed E-state index contributed by atoms with van der Waals surface area (Å²) < 4.78 is 0.914. The molecule has 0 saturated carbocycles. The molecule has 0 unspecified atom stereocenters. The molecular formula is C15H14BrClN2O. The first-order valence-electron chi connectivity index (χ1n) is 6.06. The molecule has 2 aromatic carbocycles. The van der Waals surface area contributed by atoms with Gasteiger partial charge in [0.05, 0.1) is 0 Å². The van der Waals surface area contributed by atoms with Gasteiger partial charge in [-0.3, -0.25) is 0 Å². The molecule has 2 aromatic rings. The van der Waals surface area contributed by atoms with Gasteiger partial charge in [0.2, 0.25) is 0 Å². The molecule has 0 fully saturated rings. The summed E-state index contributed by atoms with van der Waals surface area (Å²) in [6.45, 7) is 3.85. The molecule has 0 aromatic heterocycles. The lowest BCUT2D eigenvalue weighted by Crippen LogP contribution is -2.20. The fourth-order valence-electron chi connectivity index (χ4n) is 1.68. The molecule has 0 aliphatic rings. The maximum absolute atomic E-state index is 12.0. The molecule has 0 spiro atoms. The largest absolute Gasteiger partial charge is 0.323 e. The van der Waals surface area contributed by atoms with Crippen LogP contribution in [0, 0.1) is 13.8 Å².